The quantitative estimate of drug-likeness (QED) is 0.117. The molecule has 6 nitrogen and oxygen atoms in total. The Bertz CT molecular complexity index is 1030. The number of anilines is 1. The summed E-state index contributed by atoms with van der Waals surface area (Å²) in [5.74, 6) is 1.30. The van der Waals surface area contributed by atoms with Gasteiger partial charge in [0.05, 0.1) is 17.6 Å². The Morgan fingerprint density at radius 2 is 1.97 bits per heavy atom. The predicted molar refractivity (Wildman–Crippen MR) is 121 cm³/mol. The Morgan fingerprint density at radius 1 is 1.14 bits per heavy atom. The molecular weight excluding hydrogens is 448 g/mol. The lowest BCUT2D eigenvalue weighted by atomic mass is 10.1. The van der Waals surface area contributed by atoms with Crippen LogP contribution in [0.15, 0.2) is 63.4 Å². The van der Waals surface area contributed by atoms with Gasteiger partial charge in [0.2, 0.25) is 0 Å². The van der Waals surface area contributed by atoms with Crippen molar-refractivity contribution in [3.05, 3.63) is 64.4 Å². The van der Waals surface area contributed by atoms with E-state index in [1.807, 2.05) is 48.5 Å². The molecule has 0 atom stereocenters. The molecule has 2 aromatic heterocycles. The second kappa shape index (κ2) is 10.7. The zero-order valence-electron chi connectivity index (χ0n) is 15.8. The highest BCUT2D eigenvalue weighted by Crippen LogP contribution is 2.29. The van der Waals surface area contributed by atoms with Gasteiger partial charge in [-0.05, 0) is 34.5 Å². The molecule has 0 radical (unpaired) electrons. The number of hydrogen-bond acceptors (Lipinski definition) is 7. The summed E-state index contributed by atoms with van der Waals surface area (Å²) in [6, 6.07) is 17.4. The number of unbranched alkanes of at least 4 members (excludes halogenated alkanes) is 1. The number of nitrogens with zero attached hydrogens (tertiary/aromatic N) is 5. The first-order chi connectivity index (χ1) is 14.2. The maximum absolute atomic E-state index is 9.77. The summed E-state index contributed by atoms with van der Waals surface area (Å²) >= 11 is 4.91. The van der Waals surface area contributed by atoms with Crippen LogP contribution in [0.3, 0.4) is 0 Å². The molecule has 0 aliphatic heterocycles. The SMILES string of the molecule is CCCCSc1nc(N/N=C/c2cccc(Br)n2)c(C#N)c(-c2ccccc2)n1. The molecule has 0 fully saturated rings. The second-order valence-electron chi connectivity index (χ2n) is 6.01. The van der Waals surface area contributed by atoms with E-state index in [2.05, 4.69) is 54.4 Å². The van der Waals surface area contributed by atoms with Crippen molar-refractivity contribution in [1.29, 1.82) is 5.26 Å². The number of rotatable bonds is 8. The van der Waals surface area contributed by atoms with Crippen LogP contribution in [-0.2, 0) is 0 Å². The van der Waals surface area contributed by atoms with Crippen LogP contribution in [-0.4, -0.2) is 26.9 Å². The number of pyridine rings is 1. The maximum Gasteiger partial charge on any atom is 0.190 e. The highest BCUT2D eigenvalue weighted by atomic mass is 79.9. The van der Waals surface area contributed by atoms with E-state index in [4.69, 9.17) is 0 Å². The number of nitrogens with one attached hydrogen (secondary N) is 1. The number of thioether (sulfide) groups is 1. The van der Waals surface area contributed by atoms with E-state index in [-0.39, 0.29) is 0 Å². The standard InChI is InChI=1S/C21H19BrN6S/c1-2-3-12-29-21-26-19(15-8-5-4-6-9-15)17(13-23)20(27-21)28-24-14-16-10-7-11-18(22)25-16/h4-11,14H,2-3,12H2,1H3,(H,26,27,28)/b24-14+. The van der Waals surface area contributed by atoms with E-state index >= 15 is 0 Å². The van der Waals surface area contributed by atoms with Crippen LogP contribution in [0.1, 0.15) is 31.0 Å². The molecule has 146 valence electrons. The second-order valence-corrected chi connectivity index (χ2v) is 7.89. The minimum absolute atomic E-state index is 0.357. The molecule has 0 bridgehead atoms. The normalized spacial score (nSPS) is 10.8. The lowest BCUT2D eigenvalue weighted by molar-refractivity contribution is 0.888. The van der Waals surface area contributed by atoms with Crippen LogP contribution >= 0.6 is 27.7 Å². The van der Waals surface area contributed by atoms with Crippen molar-refractivity contribution in [3.63, 3.8) is 0 Å². The Balaban J connectivity index is 1.95. The van der Waals surface area contributed by atoms with Crippen LogP contribution in [0.25, 0.3) is 11.3 Å². The number of hydrazone groups is 1. The molecule has 0 unspecified atom stereocenters. The number of hydrogen-bond donors (Lipinski definition) is 1. The van der Waals surface area contributed by atoms with Gasteiger partial charge in [-0.25, -0.2) is 15.0 Å². The highest BCUT2D eigenvalue weighted by molar-refractivity contribution is 9.10. The van der Waals surface area contributed by atoms with E-state index in [0.717, 1.165) is 28.8 Å². The van der Waals surface area contributed by atoms with Crippen molar-refractivity contribution in [2.45, 2.75) is 24.9 Å². The molecule has 8 heteroatoms. The fourth-order valence-corrected chi connectivity index (χ4v) is 3.74. The number of halogens is 1. The molecule has 0 saturated carbocycles. The molecule has 1 aromatic carbocycles. The van der Waals surface area contributed by atoms with Crippen LogP contribution in [0, 0.1) is 11.3 Å². The lowest BCUT2D eigenvalue weighted by Crippen LogP contribution is -2.04. The molecule has 29 heavy (non-hydrogen) atoms. The van der Waals surface area contributed by atoms with Crippen molar-refractivity contribution < 1.29 is 0 Å². The summed E-state index contributed by atoms with van der Waals surface area (Å²) in [5, 5.41) is 14.6. The molecule has 3 aromatic rings. The number of benzene rings is 1. The summed E-state index contributed by atoms with van der Waals surface area (Å²) in [5.41, 5.74) is 5.40. The minimum atomic E-state index is 0.357. The van der Waals surface area contributed by atoms with Crippen molar-refractivity contribution in [2.75, 3.05) is 11.2 Å². The van der Waals surface area contributed by atoms with Crippen molar-refractivity contribution in [1.82, 2.24) is 15.0 Å². The zero-order chi connectivity index (χ0) is 20.5. The molecule has 3 rings (SSSR count). The molecule has 2 heterocycles. The average molecular weight is 467 g/mol. The third-order valence-corrected chi connectivity index (χ3v) is 5.26. The van der Waals surface area contributed by atoms with Crippen LogP contribution < -0.4 is 5.43 Å². The lowest BCUT2D eigenvalue weighted by Gasteiger charge is -2.10. The minimum Gasteiger partial charge on any atom is -0.260 e. The summed E-state index contributed by atoms with van der Waals surface area (Å²) in [6.07, 6.45) is 3.76. The van der Waals surface area contributed by atoms with Crippen LogP contribution in [0.5, 0.6) is 0 Å². The van der Waals surface area contributed by atoms with Gasteiger partial charge in [0, 0.05) is 11.3 Å². The van der Waals surface area contributed by atoms with Crippen molar-refractivity contribution in [3.8, 4) is 17.3 Å². The molecule has 0 spiro atoms. The van der Waals surface area contributed by atoms with E-state index in [1.54, 1.807) is 18.0 Å². The van der Waals surface area contributed by atoms with E-state index in [9.17, 15) is 5.26 Å². The predicted octanol–water partition coefficient (Wildman–Crippen LogP) is 5.51. The van der Waals surface area contributed by atoms with E-state index < -0.39 is 0 Å². The molecular formula is C21H19BrN6S. The number of aromatic nitrogens is 3. The smallest absolute Gasteiger partial charge is 0.190 e. The molecule has 0 aliphatic rings. The largest absolute Gasteiger partial charge is 0.260 e. The van der Waals surface area contributed by atoms with Gasteiger partial charge >= 0.3 is 0 Å². The molecule has 0 saturated heterocycles. The fraction of sp³-hybridized carbons (Fsp3) is 0.190. The van der Waals surface area contributed by atoms with E-state index in [1.165, 1.54) is 0 Å². The summed E-state index contributed by atoms with van der Waals surface area (Å²) < 4.78 is 0.724. The fourth-order valence-electron chi connectivity index (χ4n) is 2.46. The Hall–Kier alpha value is -2.76. The highest BCUT2D eigenvalue weighted by Gasteiger charge is 2.16. The van der Waals surface area contributed by atoms with Crippen LogP contribution in [0.4, 0.5) is 5.82 Å². The first-order valence-corrected chi connectivity index (χ1v) is 10.9. The van der Waals surface area contributed by atoms with Gasteiger partial charge in [-0.1, -0.05) is 61.5 Å². The third-order valence-electron chi connectivity index (χ3n) is 3.88. The third kappa shape index (κ3) is 5.86. The van der Waals surface area contributed by atoms with E-state index in [0.29, 0.717) is 27.9 Å². The van der Waals surface area contributed by atoms with Gasteiger partial charge in [-0.2, -0.15) is 10.4 Å². The van der Waals surface area contributed by atoms with Crippen LogP contribution in [0.2, 0.25) is 0 Å². The topological polar surface area (TPSA) is 86.9 Å². The zero-order valence-corrected chi connectivity index (χ0v) is 18.2. The monoisotopic (exact) mass is 466 g/mol. The molecule has 1 N–H and O–H groups in total. The van der Waals surface area contributed by atoms with Gasteiger partial charge in [-0.15, -0.1) is 0 Å². The van der Waals surface area contributed by atoms with Crippen molar-refractivity contribution in [2.24, 2.45) is 5.10 Å². The molecule has 0 aliphatic carbocycles. The Kier molecular flexibility index (Phi) is 7.73. The first kappa shape index (κ1) is 21.0. The van der Waals surface area contributed by atoms with Crippen molar-refractivity contribution >= 4 is 39.7 Å². The van der Waals surface area contributed by atoms with Gasteiger partial charge < -0.3 is 0 Å². The molecule has 0 amide bonds. The van der Waals surface area contributed by atoms with Gasteiger partial charge in [0.15, 0.2) is 11.0 Å². The summed E-state index contributed by atoms with van der Waals surface area (Å²) in [6.45, 7) is 2.15. The summed E-state index contributed by atoms with van der Waals surface area (Å²) in [4.78, 5) is 13.5. The van der Waals surface area contributed by atoms with Gasteiger partial charge in [-0.3, -0.25) is 5.43 Å². The number of nitriles is 1. The van der Waals surface area contributed by atoms with Gasteiger partial charge in [0.1, 0.15) is 16.2 Å². The van der Waals surface area contributed by atoms with Gasteiger partial charge in [0.25, 0.3) is 0 Å². The average Bonchev–Trinajstić information content (AvgIpc) is 2.74. The Morgan fingerprint density at radius 3 is 2.69 bits per heavy atom. The maximum atomic E-state index is 9.77. The first-order valence-electron chi connectivity index (χ1n) is 9.13. The summed E-state index contributed by atoms with van der Waals surface area (Å²) in [7, 11) is 0. The Labute approximate surface area is 182 Å².